The maximum absolute atomic E-state index is 11.8. The summed E-state index contributed by atoms with van der Waals surface area (Å²) in [5, 5.41) is 5.72. The molecule has 0 aromatic carbocycles. The average molecular weight is 275 g/mol. The summed E-state index contributed by atoms with van der Waals surface area (Å²) in [6.45, 7) is 6.13. The fourth-order valence-electron chi connectivity index (χ4n) is 1.43. The van der Waals surface area contributed by atoms with Crippen molar-refractivity contribution in [3.8, 4) is 10.7 Å². The highest BCUT2D eigenvalue weighted by Crippen LogP contribution is 2.21. The van der Waals surface area contributed by atoms with Crippen LogP contribution in [0, 0.1) is 5.41 Å². The van der Waals surface area contributed by atoms with Gasteiger partial charge in [0, 0.05) is 17.0 Å². The van der Waals surface area contributed by atoms with E-state index in [-0.39, 0.29) is 11.3 Å². The molecule has 1 N–H and O–H groups in total. The van der Waals surface area contributed by atoms with Crippen LogP contribution in [0.4, 0.5) is 0 Å². The van der Waals surface area contributed by atoms with Crippen molar-refractivity contribution in [2.24, 2.45) is 5.41 Å². The van der Waals surface area contributed by atoms with Crippen molar-refractivity contribution in [3.63, 3.8) is 0 Å². The molecule has 0 radical (unpaired) electrons. The van der Waals surface area contributed by atoms with E-state index in [0.29, 0.717) is 6.54 Å². The molecule has 0 unspecified atom stereocenters. The van der Waals surface area contributed by atoms with Crippen LogP contribution in [0.3, 0.4) is 0 Å². The van der Waals surface area contributed by atoms with Gasteiger partial charge in [-0.1, -0.05) is 26.8 Å². The quantitative estimate of drug-likeness (QED) is 0.937. The molecule has 0 aliphatic carbocycles. The molecule has 5 heteroatoms. The molecule has 0 fully saturated rings. The molecule has 0 atom stereocenters. The zero-order chi connectivity index (χ0) is 13.9. The molecule has 0 bridgehead atoms. The van der Waals surface area contributed by atoms with Gasteiger partial charge in [0.2, 0.25) is 5.91 Å². The van der Waals surface area contributed by atoms with Crippen LogP contribution in [-0.4, -0.2) is 15.9 Å². The number of hydrogen-bond donors (Lipinski definition) is 1. The number of thiazole rings is 1. The smallest absolute Gasteiger partial charge is 0.225 e. The third-order valence-electron chi connectivity index (χ3n) is 2.55. The average Bonchev–Trinajstić information content (AvgIpc) is 2.84. The molecule has 2 rings (SSSR count). The van der Waals surface area contributed by atoms with E-state index >= 15 is 0 Å². The number of amides is 1. The second-order valence-corrected chi connectivity index (χ2v) is 6.15. The summed E-state index contributed by atoms with van der Waals surface area (Å²) in [4.78, 5) is 20.5. The number of pyridine rings is 1. The minimum Gasteiger partial charge on any atom is -0.350 e. The highest BCUT2D eigenvalue weighted by atomic mass is 32.1. The van der Waals surface area contributed by atoms with Crippen LogP contribution in [-0.2, 0) is 11.3 Å². The second kappa shape index (κ2) is 5.48. The Hall–Kier alpha value is -1.75. The Bertz CT molecular complexity index is 558. The van der Waals surface area contributed by atoms with Gasteiger partial charge in [-0.25, -0.2) is 4.98 Å². The van der Waals surface area contributed by atoms with Crippen LogP contribution in [0.1, 0.15) is 26.5 Å². The second-order valence-electron chi connectivity index (χ2n) is 5.29. The van der Waals surface area contributed by atoms with Gasteiger partial charge in [-0.15, -0.1) is 11.3 Å². The first-order chi connectivity index (χ1) is 8.97. The van der Waals surface area contributed by atoms with Crippen molar-refractivity contribution in [2.45, 2.75) is 27.3 Å². The topological polar surface area (TPSA) is 54.9 Å². The lowest BCUT2D eigenvalue weighted by molar-refractivity contribution is -0.128. The molecular weight excluding hydrogens is 258 g/mol. The van der Waals surface area contributed by atoms with E-state index in [1.807, 2.05) is 44.4 Å². The Balaban J connectivity index is 2.01. The Morgan fingerprint density at radius 2 is 2.16 bits per heavy atom. The molecule has 19 heavy (non-hydrogen) atoms. The Kier molecular flexibility index (Phi) is 3.95. The monoisotopic (exact) mass is 275 g/mol. The number of carbonyl (C=O) groups excluding carboxylic acids is 1. The summed E-state index contributed by atoms with van der Waals surface area (Å²) in [6.07, 6.45) is 1.75. The number of rotatable bonds is 3. The van der Waals surface area contributed by atoms with Gasteiger partial charge < -0.3 is 5.32 Å². The number of aromatic nitrogens is 2. The van der Waals surface area contributed by atoms with E-state index in [1.54, 1.807) is 6.20 Å². The van der Waals surface area contributed by atoms with Gasteiger partial charge in [0.15, 0.2) is 0 Å². The summed E-state index contributed by atoms with van der Waals surface area (Å²) in [5.41, 5.74) is 1.35. The molecule has 2 heterocycles. The standard InChI is InChI=1S/C14H17N3OS/c1-14(2,3)13(18)16-8-10-9-19-12(17-10)11-6-4-5-7-15-11/h4-7,9H,8H2,1-3H3,(H,16,18). The minimum atomic E-state index is -0.375. The first kappa shape index (κ1) is 13.7. The van der Waals surface area contributed by atoms with E-state index in [2.05, 4.69) is 15.3 Å². The normalized spacial score (nSPS) is 11.3. The van der Waals surface area contributed by atoms with Crippen LogP contribution in [0.5, 0.6) is 0 Å². The van der Waals surface area contributed by atoms with E-state index in [4.69, 9.17) is 0 Å². The molecule has 1 amide bonds. The lowest BCUT2D eigenvalue weighted by Crippen LogP contribution is -2.34. The lowest BCUT2D eigenvalue weighted by atomic mass is 9.96. The SMILES string of the molecule is CC(C)(C)C(=O)NCc1csc(-c2ccccn2)n1. The van der Waals surface area contributed by atoms with Crippen molar-refractivity contribution in [2.75, 3.05) is 0 Å². The van der Waals surface area contributed by atoms with Crippen molar-refractivity contribution in [3.05, 3.63) is 35.5 Å². The largest absolute Gasteiger partial charge is 0.350 e. The molecule has 100 valence electrons. The third-order valence-corrected chi connectivity index (χ3v) is 3.46. The molecule has 0 aliphatic heterocycles. The highest BCUT2D eigenvalue weighted by molar-refractivity contribution is 7.13. The molecule has 2 aromatic rings. The van der Waals surface area contributed by atoms with Crippen molar-refractivity contribution in [1.29, 1.82) is 0 Å². The van der Waals surface area contributed by atoms with Gasteiger partial charge in [-0.2, -0.15) is 0 Å². The van der Waals surface area contributed by atoms with Gasteiger partial charge in [0.25, 0.3) is 0 Å². The molecule has 2 aromatic heterocycles. The van der Waals surface area contributed by atoms with Crippen LogP contribution in [0.15, 0.2) is 29.8 Å². The van der Waals surface area contributed by atoms with Crippen LogP contribution in [0.25, 0.3) is 10.7 Å². The van der Waals surface area contributed by atoms with Gasteiger partial charge in [0.1, 0.15) is 5.01 Å². The predicted molar refractivity (Wildman–Crippen MR) is 76.6 cm³/mol. The fourth-order valence-corrected chi connectivity index (χ4v) is 2.23. The Labute approximate surface area is 116 Å². The zero-order valence-electron chi connectivity index (χ0n) is 11.3. The zero-order valence-corrected chi connectivity index (χ0v) is 12.1. The Morgan fingerprint density at radius 1 is 1.37 bits per heavy atom. The first-order valence-corrected chi connectivity index (χ1v) is 6.99. The minimum absolute atomic E-state index is 0.0277. The van der Waals surface area contributed by atoms with Gasteiger partial charge >= 0.3 is 0 Å². The van der Waals surface area contributed by atoms with Gasteiger partial charge in [0.05, 0.1) is 17.9 Å². The van der Waals surface area contributed by atoms with Crippen molar-refractivity contribution in [1.82, 2.24) is 15.3 Å². The van der Waals surface area contributed by atoms with E-state index in [0.717, 1.165) is 16.4 Å². The van der Waals surface area contributed by atoms with Crippen LogP contribution >= 0.6 is 11.3 Å². The van der Waals surface area contributed by atoms with Gasteiger partial charge in [-0.3, -0.25) is 9.78 Å². The summed E-state index contributed by atoms with van der Waals surface area (Å²) in [6, 6.07) is 5.74. The Morgan fingerprint density at radius 3 is 2.79 bits per heavy atom. The summed E-state index contributed by atoms with van der Waals surface area (Å²) < 4.78 is 0. The highest BCUT2D eigenvalue weighted by Gasteiger charge is 2.20. The maximum atomic E-state index is 11.8. The number of nitrogens with zero attached hydrogens (tertiary/aromatic N) is 2. The fraction of sp³-hybridized carbons (Fsp3) is 0.357. The predicted octanol–water partition coefficient (Wildman–Crippen LogP) is 2.87. The molecule has 0 saturated carbocycles. The maximum Gasteiger partial charge on any atom is 0.225 e. The molecule has 0 spiro atoms. The molecule has 0 saturated heterocycles. The van der Waals surface area contributed by atoms with Crippen molar-refractivity contribution >= 4 is 17.2 Å². The van der Waals surface area contributed by atoms with E-state index < -0.39 is 0 Å². The van der Waals surface area contributed by atoms with Crippen LogP contribution in [0.2, 0.25) is 0 Å². The van der Waals surface area contributed by atoms with Crippen molar-refractivity contribution < 1.29 is 4.79 Å². The third kappa shape index (κ3) is 3.61. The van der Waals surface area contributed by atoms with E-state index in [1.165, 1.54) is 11.3 Å². The summed E-state index contributed by atoms with van der Waals surface area (Å²) in [7, 11) is 0. The summed E-state index contributed by atoms with van der Waals surface area (Å²) >= 11 is 1.54. The van der Waals surface area contributed by atoms with E-state index in [9.17, 15) is 4.79 Å². The molecular formula is C14H17N3OS. The first-order valence-electron chi connectivity index (χ1n) is 6.11. The number of carbonyl (C=O) groups is 1. The van der Waals surface area contributed by atoms with Crippen LogP contribution < -0.4 is 5.32 Å². The summed E-state index contributed by atoms with van der Waals surface area (Å²) in [5.74, 6) is 0.0277. The molecule has 4 nitrogen and oxygen atoms in total. The number of nitrogens with one attached hydrogen (secondary N) is 1. The lowest BCUT2D eigenvalue weighted by Gasteiger charge is -2.16. The van der Waals surface area contributed by atoms with Gasteiger partial charge in [-0.05, 0) is 12.1 Å². The molecule has 0 aliphatic rings. The number of hydrogen-bond acceptors (Lipinski definition) is 4.